The van der Waals surface area contributed by atoms with Gasteiger partial charge in [-0.15, -0.1) is 0 Å². The first-order valence-corrected chi connectivity index (χ1v) is 8.47. The van der Waals surface area contributed by atoms with Crippen molar-refractivity contribution in [3.05, 3.63) is 52.5 Å². The number of nitrogens with one attached hydrogen (secondary N) is 3. The van der Waals surface area contributed by atoms with E-state index in [1.165, 1.54) is 7.11 Å². The Labute approximate surface area is 157 Å². The van der Waals surface area contributed by atoms with Crippen molar-refractivity contribution in [3.63, 3.8) is 0 Å². The quantitative estimate of drug-likeness (QED) is 0.722. The molecule has 1 atom stereocenters. The molecule has 1 unspecified atom stereocenters. The zero-order valence-electron chi connectivity index (χ0n) is 15.1. The van der Waals surface area contributed by atoms with Gasteiger partial charge in [-0.25, -0.2) is 0 Å². The summed E-state index contributed by atoms with van der Waals surface area (Å²) in [5, 5.41) is 9.06. The van der Waals surface area contributed by atoms with Crippen molar-refractivity contribution < 1.29 is 14.3 Å². The molecule has 0 saturated carbocycles. The number of ether oxygens (including phenoxy) is 1. The number of carbonyl (C=O) groups excluding carboxylic acids is 2. The van der Waals surface area contributed by atoms with Crippen molar-refractivity contribution in [2.24, 2.45) is 0 Å². The number of aryl methyl sites for hydroxylation is 1. The summed E-state index contributed by atoms with van der Waals surface area (Å²) in [6.45, 7) is 3.58. The summed E-state index contributed by atoms with van der Waals surface area (Å²) in [5.74, 6) is 0.0604. The van der Waals surface area contributed by atoms with Gasteiger partial charge in [-0.1, -0.05) is 17.7 Å². The van der Waals surface area contributed by atoms with E-state index in [2.05, 4.69) is 16.0 Å². The summed E-state index contributed by atoms with van der Waals surface area (Å²) in [7, 11) is 3.09. The lowest BCUT2D eigenvalue weighted by molar-refractivity contribution is -0.116. The van der Waals surface area contributed by atoms with Gasteiger partial charge in [-0.05, 0) is 43.7 Å². The largest absolute Gasteiger partial charge is 0.495 e. The van der Waals surface area contributed by atoms with Crippen molar-refractivity contribution in [1.82, 2.24) is 5.32 Å². The van der Waals surface area contributed by atoms with Gasteiger partial charge >= 0.3 is 0 Å². The molecule has 0 aliphatic rings. The highest BCUT2D eigenvalue weighted by atomic mass is 35.5. The second-order valence-electron chi connectivity index (χ2n) is 5.82. The lowest BCUT2D eigenvalue weighted by atomic mass is 10.1. The van der Waals surface area contributed by atoms with Gasteiger partial charge in [0.15, 0.2) is 0 Å². The maximum atomic E-state index is 12.5. The first kappa shape index (κ1) is 19.6. The van der Waals surface area contributed by atoms with Crippen LogP contribution < -0.4 is 20.7 Å². The number of carbonyl (C=O) groups is 2. The summed E-state index contributed by atoms with van der Waals surface area (Å²) < 4.78 is 5.27. The Balaban J connectivity index is 2.11. The molecule has 6 nitrogen and oxygen atoms in total. The number of rotatable bonds is 6. The number of methoxy groups -OCH3 is 1. The van der Waals surface area contributed by atoms with Crippen LogP contribution in [0.2, 0.25) is 5.02 Å². The van der Waals surface area contributed by atoms with Crippen molar-refractivity contribution in [2.75, 3.05) is 24.8 Å². The van der Waals surface area contributed by atoms with Crippen LogP contribution in [-0.2, 0) is 4.79 Å². The minimum absolute atomic E-state index is 0.188. The van der Waals surface area contributed by atoms with Crippen molar-refractivity contribution in [3.8, 4) is 5.75 Å². The van der Waals surface area contributed by atoms with E-state index in [0.29, 0.717) is 27.7 Å². The maximum absolute atomic E-state index is 12.5. The highest BCUT2D eigenvalue weighted by Crippen LogP contribution is 2.31. The minimum atomic E-state index is -0.532. The molecule has 7 heteroatoms. The molecule has 0 aliphatic carbocycles. The van der Waals surface area contributed by atoms with Crippen LogP contribution >= 0.6 is 11.6 Å². The number of hydrogen-bond donors (Lipinski definition) is 3. The molecule has 2 amide bonds. The maximum Gasteiger partial charge on any atom is 0.251 e. The van der Waals surface area contributed by atoms with Crippen LogP contribution in [0.5, 0.6) is 5.75 Å². The number of hydrogen-bond acceptors (Lipinski definition) is 4. The average molecular weight is 376 g/mol. The van der Waals surface area contributed by atoms with Gasteiger partial charge in [0.25, 0.3) is 5.91 Å². The van der Waals surface area contributed by atoms with Gasteiger partial charge < -0.3 is 20.7 Å². The third kappa shape index (κ3) is 4.67. The molecule has 0 heterocycles. The van der Waals surface area contributed by atoms with Crippen molar-refractivity contribution in [2.45, 2.75) is 19.9 Å². The Morgan fingerprint density at radius 2 is 1.92 bits per heavy atom. The van der Waals surface area contributed by atoms with E-state index < -0.39 is 6.04 Å². The molecular weight excluding hydrogens is 354 g/mol. The second-order valence-corrected chi connectivity index (χ2v) is 6.22. The SMILES string of the molecule is CNC(=O)c1cccc(NC(C)C(=O)Nc2cc(C)c(Cl)cc2OC)c1. The normalized spacial score (nSPS) is 11.4. The lowest BCUT2D eigenvalue weighted by Gasteiger charge is -2.18. The number of halogens is 1. The molecule has 0 radical (unpaired) electrons. The van der Waals surface area contributed by atoms with E-state index in [9.17, 15) is 9.59 Å². The zero-order valence-corrected chi connectivity index (χ0v) is 15.9. The van der Waals surface area contributed by atoms with Gasteiger partial charge in [0.05, 0.1) is 12.8 Å². The lowest BCUT2D eigenvalue weighted by Crippen LogP contribution is -2.32. The molecule has 3 N–H and O–H groups in total. The van der Waals surface area contributed by atoms with E-state index in [-0.39, 0.29) is 11.8 Å². The van der Waals surface area contributed by atoms with Crippen LogP contribution in [0.15, 0.2) is 36.4 Å². The van der Waals surface area contributed by atoms with Gasteiger partial charge in [0.2, 0.25) is 5.91 Å². The molecule has 138 valence electrons. The fraction of sp³-hybridized carbons (Fsp3) is 0.263. The van der Waals surface area contributed by atoms with Gasteiger partial charge in [0.1, 0.15) is 11.8 Å². The highest BCUT2D eigenvalue weighted by Gasteiger charge is 2.16. The molecule has 0 fully saturated rings. The first-order chi connectivity index (χ1) is 12.3. The summed E-state index contributed by atoms with van der Waals surface area (Å²) in [6.07, 6.45) is 0. The van der Waals surface area contributed by atoms with E-state index in [1.54, 1.807) is 50.4 Å². The second kappa shape index (κ2) is 8.58. The smallest absolute Gasteiger partial charge is 0.251 e. The summed E-state index contributed by atoms with van der Waals surface area (Å²) in [6, 6.07) is 9.84. The zero-order chi connectivity index (χ0) is 19.3. The Morgan fingerprint density at radius 3 is 2.58 bits per heavy atom. The van der Waals surface area contributed by atoms with Gasteiger partial charge in [-0.3, -0.25) is 9.59 Å². The van der Waals surface area contributed by atoms with Crippen LogP contribution in [0.3, 0.4) is 0 Å². The highest BCUT2D eigenvalue weighted by molar-refractivity contribution is 6.31. The van der Waals surface area contributed by atoms with Crippen LogP contribution in [0, 0.1) is 6.92 Å². The topological polar surface area (TPSA) is 79.5 Å². The summed E-state index contributed by atoms with van der Waals surface area (Å²) in [5.41, 5.74) is 2.57. The summed E-state index contributed by atoms with van der Waals surface area (Å²) in [4.78, 5) is 24.2. The predicted octanol–water partition coefficient (Wildman–Crippen LogP) is 3.46. The molecule has 0 spiro atoms. The van der Waals surface area contributed by atoms with Crippen molar-refractivity contribution in [1.29, 1.82) is 0 Å². The van der Waals surface area contributed by atoms with Gasteiger partial charge in [0, 0.05) is 29.4 Å². The molecule has 2 aromatic carbocycles. The number of amides is 2. The molecule has 2 aromatic rings. The van der Waals surface area contributed by atoms with Crippen molar-refractivity contribution >= 4 is 34.8 Å². The fourth-order valence-electron chi connectivity index (χ4n) is 2.38. The third-order valence-electron chi connectivity index (χ3n) is 3.87. The predicted molar refractivity (Wildman–Crippen MR) is 104 cm³/mol. The summed E-state index contributed by atoms with van der Waals surface area (Å²) >= 11 is 6.09. The molecular formula is C19H22ClN3O3. The Bertz CT molecular complexity index is 824. The monoisotopic (exact) mass is 375 g/mol. The minimum Gasteiger partial charge on any atom is -0.495 e. The van der Waals surface area contributed by atoms with Crippen LogP contribution in [-0.4, -0.2) is 32.0 Å². The molecule has 26 heavy (non-hydrogen) atoms. The molecule has 0 saturated heterocycles. The van der Waals surface area contributed by atoms with Crippen LogP contribution in [0.1, 0.15) is 22.8 Å². The van der Waals surface area contributed by atoms with Gasteiger partial charge in [-0.2, -0.15) is 0 Å². The Hall–Kier alpha value is -2.73. The standard InChI is InChI=1S/C19H22ClN3O3/c1-11-8-16(17(26-4)10-15(11)20)23-18(24)12(2)22-14-7-5-6-13(9-14)19(25)21-3/h5-10,12,22H,1-4H3,(H,21,25)(H,23,24). The molecule has 0 aliphatic heterocycles. The van der Waals surface area contributed by atoms with E-state index >= 15 is 0 Å². The fourth-order valence-corrected chi connectivity index (χ4v) is 2.53. The Morgan fingerprint density at radius 1 is 1.19 bits per heavy atom. The first-order valence-electron chi connectivity index (χ1n) is 8.09. The van der Waals surface area contributed by atoms with Crippen LogP contribution in [0.25, 0.3) is 0 Å². The van der Waals surface area contributed by atoms with E-state index in [1.807, 2.05) is 6.92 Å². The average Bonchev–Trinajstić information content (AvgIpc) is 2.63. The number of anilines is 2. The van der Waals surface area contributed by atoms with E-state index in [0.717, 1.165) is 5.56 Å². The molecule has 0 bridgehead atoms. The molecule has 2 rings (SSSR count). The van der Waals surface area contributed by atoms with Crippen LogP contribution in [0.4, 0.5) is 11.4 Å². The number of benzene rings is 2. The molecule has 0 aromatic heterocycles. The third-order valence-corrected chi connectivity index (χ3v) is 4.27. The van der Waals surface area contributed by atoms with E-state index in [4.69, 9.17) is 16.3 Å². The Kier molecular flexibility index (Phi) is 6.46.